The molecule has 1 aromatic carbocycles. The Morgan fingerprint density at radius 1 is 1.07 bits per heavy atom. The average molecular weight is 415 g/mol. The zero-order valence-electron chi connectivity index (χ0n) is 17.8. The second-order valence-electron chi connectivity index (χ2n) is 6.50. The van der Waals surface area contributed by atoms with Gasteiger partial charge in [0.25, 0.3) is 0 Å². The van der Waals surface area contributed by atoms with Crippen LogP contribution in [-0.4, -0.2) is 50.1 Å². The number of benzene rings is 1. The molecular formula is C22H25NO7. The number of aromatic nitrogens is 1. The minimum absolute atomic E-state index is 0.201. The van der Waals surface area contributed by atoms with Gasteiger partial charge in [-0.15, -0.1) is 0 Å². The van der Waals surface area contributed by atoms with E-state index in [1.54, 1.807) is 32.0 Å². The lowest BCUT2D eigenvalue weighted by molar-refractivity contribution is -0.140. The van der Waals surface area contributed by atoms with E-state index in [1.807, 2.05) is 0 Å². The fourth-order valence-corrected chi connectivity index (χ4v) is 3.00. The van der Waals surface area contributed by atoms with Crippen molar-refractivity contribution < 1.29 is 33.3 Å². The molecule has 8 nitrogen and oxygen atoms in total. The van der Waals surface area contributed by atoms with Gasteiger partial charge in [-0.05, 0) is 50.6 Å². The van der Waals surface area contributed by atoms with Crippen molar-refractivity contribution in [3.8, 4) is 11.5 Å². The van der Waals surface area contributed by atoms with Crippen LogP contribution in [0.15, 0.2) is 24.3 Å². The molecule has 1 atom stereocenters. The SMILES string of the molecule is COC(=O)c1c(C)[nH]c(C(=O)[C@H](C)OC(=O)/C=C/c2cc(OC)ccc2OC)c1C. The number of carbonyl (C=O) groups is 3. The molecule has 160 valence electrons. The minimum Gasteiger partial charge on any atom is -0.497 e. The normalized spacial score (nSPS) is 11.8. The molecule has 0 saturated heterocycles. The fraction of sp³-hybridized carbons (Fsp3) is 0.318. The predicted octanol–water partition coefficient (Wildman–Crippen LogP) is 3.26. The van der Waals surface area contributed by atoms with Crippen LogP contribution in [0.1, 0.15) is 44.6 Å². The highest BCUT2D eigenvalue weighted by Crippen LogP contribution is 2.25. The number of hydrogen-bond donors (Lipinski definition) is 1. The van der Waals surface area contributed by atoms with E-state index in [0.717, 1.165) is 0 Å². The Kier molecular flexibility index (Phi) is 7.41. The smallest absolute Gasteiger partial charge is 0.339 e. The molecule has 0 unspecified atom stereocenters. The van der Waals surface area contributed by atoms with Crippen LogP contribution in [0.25, 0.3) is 6.08 Å². The van der Waals surface area contributed by atoms with Crippen LogP contribution in [0.4, 0.5) is 0 Å². The van der Waals surface area contributed by atoms with Gasteiger partial charge in [0.15, 0.2) is 6.10 Å². The lowest BCUT2D eigenvalue weighted by Gasteiger charge is -2.11. The molecule has 30 heavy (non-hydrogen) atoms. The van der Waals surface area contributed by atoms with Crippen molar-refractivity contribution in [2.75, 3.05) is 21.3 Å². The van der Waals surface area contributed by atoms with Gasteiger partial charge in [0.2, 0.25) is 5.78 Å². The maximum Gasteiger partial charge on any atom is 0.339 e. The van der Waals surface area contributed by atoms with Crippen LogP contribution >= 0.6 is 0 Å². The van der Waals surface area contributed by atoms with Crippen LogP contribution in [0.3, 0.4) is 0 Å². The van der Waals surface area contributed by atoms with Crippen molar-refractivity contribution in [1.29, 1.82) is 0 Å². The van der Waals surface area contributed by atoms with Gasteiger partial charge < -0.3 is 23.9 Å². The minimum atomic E-state index is -1.06. The van der Waals surface area contributed by atoms with Crippen molar-refractivity contribution in [1.82, 2.24) is 4.98 Å². The Hall–Kier alpha value is -3.55. The maximum atomic E-state index is 12.7. The summed E-state index contributed by atoms with van der Waals surface area (Å²) in [5.74, 6) is -0.537. The molecule has 1 heterocycles. The Bertz CT molecular complexity index is 988. The lowest BCUT2D eigenvalue weighted by atomic mass is 10.1. The molecule has 2 aromatic rings. The first-order valence-electron chi connectivity index (χ1n) is 9.15. The zero-order chi connectivity index (χ0) is 22.4. The van der Waals surface area contributed by atoms with E-state index < -0.39 is 23.8 Å². The van der Waals surface area contributed by atoms with E-state index in [4.69, 9.17) is 18.9 Å². The highest BCUT2D eigenvalue weighted by atomic mass is 16.5. The number of aromatic amines is 1. The van der Waals surface area contributed by atoms with Crippen molar-refractivity contribution in [2.45, 2.75) is 26.9 Å². The molecule has 2 rings (SSSR count). The number of nitrogens with one attached hydrogen (secondary N) is 1. The summed E-state index contributed by atoms with van der Waals surface area (Å²) in [5.41, 5.74) is 2.07. The summed E-state index contributed by atoms with van der Waals surface area (Å²) >= 11 is 0. The second kappa shape index (κ2) is 9.78. The molecule has 0 bridgehead atoms. The molecule has 0 radical (unpaired) electrons. The third-order valence-corrected chi connectivity index (χ3v) is 4.57. The van der Waals surface area contributed by atoms with E-state index in [9.17, 15) is 14.4 Å². The van der Waals surface area contributed by atoms with E-state index >= 15 is 0 Å². The largest absolute Gasteiger partial charge is 0.497 e. The standard InChI is InChI=1S/C22H25NO7/c1-12-19(22(26)29-6)13(2)23-20(12)21(25)14(3)30-18(24)10-7-15-11-16(27-4)8-9-17(15)28-5/h7-11,14,23H,1-6H3/b10-7+/t14-/m0/s1. The first-order chi connectivity index (χ1) is 14.2. The van der Waals surface area contributed by atoms with Crippen LogP contribution in [-0.2, 0) is 14.3 Å². The molecule has 8 heteroatoms. The molecule has 0 aliphatic heterocycles. The van der Waals surface area contributed by atoms with Gasteiger partial charge in [-0.1, -0.05) is 0 Å². The number of H-pyrrole nitrogens is 1. The highest BCUT2D eigenvalue weighted by molar-refractivity contribution is 6.04. The first-order valence-corrected chi connectivity index (χ1v) is 9.15. The number of rotatable bonds is 8. The summed E-state index contributed by atoms with van der Waals surface area (Å²) in [7, 11) is 4.32. The second-order valence-corrected chi connectivity index (χ2v) is 6.50. The third kappa shape index (κ3) is 4.89. The van der Waals surface area contributed by atoms with E-state index in [-0.39, 0.29) is 5.69 Å². The summed E-state index contributed by atoms with van der Waals surface area (Å²) in [5, 5.41) is 0. The lowest BCUT2D eigenvalue weighted by Crippen LogP contribution is -2.24. The summed E-state index contributed by atoms with van der Waals surface area (Å²) in [6, 6.07) is 5.15. The number of esters is 2. The van der Waals surface area contributed by atoms with E-state index in [1.165, 1.54) is 40.4 Å². The summed E-state index contributed by atoms with van der Waals surface area (Å²) in [6.07, 6.45) is 1.66. The number of Topliss-reactive ketones (excluding diaryl/α,β-unsaturated/α-hetero) is 1. The monoisotopic (exact) mass is 415 g/mol. The molecule has 0 aliphatic rings. The molecule has 0 amide bonds. The fourth-order valence-electron chi connectivity index (χ4n) is 3.00. The van der Waals surface area contributed by atoms with E-state index in [2.05, 4.69) is 4.98 Å². The van der Waals surface area contributed by atoms with Crippen LogP contribution in [0.2, 0.25) is 0 Å². The average Bonchev–Trinajstić information content (AvgIpc) is 3.04. The molecule has 0 spiro atoms. The van der Waals surface area contributed by atoms with Gasteiger partial charge in [-0.2, -0.15) is 0 Å². The quantitative estimate of drug-likeness (QED) is 0.401. The number of hydrogen-bond acceptors (Lipinski definition) is 7. The first kappa shape index (κ1) is 22.7. The topological polar surface area (TPSA) is 104 Å². The van der Waals surface area contributed by atoms with Gasteiger partial charge in [-0.25, -0.2) is 9.59 Å². The van der Waals surface area contributed by atoms with Gasteiger partial charge in [0, 0.05) is 17.3 Å². The number of methoxy groups -OCH3 is 3. The number of ketones is 1. The predicted molar refractivity (Wildman–Crippen MR) is 110 cm³/mol. The van der Waals surface area contributed by atoms with E-state index in [0.29, 0.717) is 33.9 Å². The Balaban J connectivity index is 2.14. The number of carbonyl (C=O) groups excluding carboxylic acids is 3. The Morgan fingerprint density at radius 3 is 2.37 bits per heavy atom. The van der Waals surface area contributed by atoms with Crippen LogP contribution in [0, 0.1) is 13.8 Å². The van der Waals surface area contributed by atoms with Gasteiger partial charge in [-0.3, -0.25) is 4.79 Å². The number of ether oxygens (including phenoxy) is 4. The molecule has 0 saturated carbocycles. The van der Waals surface area contributed by atoms with Gasteiger partial charge >= 0.3 is 11.9 Å². The summed E-state index contributed by atoms with van der Waals surface area (Å²) in [4.78, 5) is 39.7. The van der Waals surface area contributed by atoms with Crippen molar-refractivity contribution in [2.24, 2.45) is 0 Å². The molecule has 1 aromatic heterocycles. The van der Waals surface area contributed by atoms with Crippen molar-refractivity contribution in [3.05, 3.63) is 52.4 Å². The summed E-state index contributed by atoms with van der Waals surface area (Å²) in [6.45, 7) is 4.76. The molecular weight excluding hydrogens is 390 g/mol. The number of aryl methyl sites for hydroxylation is 1. The summed E-state index contributed by atoms with van der Waals surface area (Å²) < 4.78 is 20.4. The van der Waals surface area contributed by atoms with Gasteiger partial charge in [0.1, 0.15) is 11.5 Å². The maximum absolute atomic E-state index is 12.7. The Labute approximate surface area is 174 Å². The molecule has 0 fully saturated rings. The zero-order valence-corrected chi connectivity index (χ0v) is 17.8. The molecule has 1 N–H and O–H groups in total. The highest BCUT2D eigenvalue weighted by Gasteiger charge is 2.27. The van der Waals surface area contributed by atoms with Crippen LogP contribution in [0.5, 0.6) is 11.5 Å². The Morgan fingerprint density at radius 2 is 1.77 bits per heavy atom. The van der Waals surface area contributed by atoms with Gasteiger partial charge in [0.05, 0.1) is 32.6 Å². The third-order valence-electron chi connectivity index (χ3n) is 4.57. The van der Waals surface area contributed by atoms with Crippen molar-refractivity contribution in [3.63, 3.8) is 0 Å². The van der Waals surface area contributed by atoms with Crippen LogP contribution < -0.4 is 9.47 Å². The van der Waals surface area contributed by atoms with Crippen molar-refractivity contribution >= 4 is 23.8 Å². The molecule has 0 aliphatic carbocycles.